The number of fused-ring (bicyclic) bond motifs is 2. The lowest BCUT2D eigenvalue weighted by atomic mass is 10.1. The molecule has 0 aliphatic carbocycles. The molecule has 6 heteroatoms. The van der Waals surface area contributed by atoms with Crippen LogP contribution in [-0.2, 0) is 0 Å². The van der Waals surface area contributed by atoms with Crippen LogP contribution < -0.4 is 5.32 Å². The number of aryl methyl sites for hydroxylation is 1. The summed E-state index contributed by atoms with van der Waals surface area (Å²) in [5.41, 5.74) is 2.74. The van der Waals surface area contributed by atoms with Crippen LogP contribution >= 0.6 is 11.3 Å². The molecule has 2 aliphatic rings. The molecule has 23 heavy (non-hydrogen) atoms. The van der Waals surface area contributed by atoms with E-state index in [1.807, 2.05) is 41.5 Å². The third-order valence-electron chi connectivity index (χ3n) is 4.67. The van der Waals surface area contributed by atoms with E-state index in [1.165, 1.54) is 0 Å². The number of hydrogen-bond acceptors (Lipinski definition) is 4. The number of rotatable bonds is 2. The predicted octanol–water partition coefficient (Wildman–Crippen LogP) is 3.04. The highest BCUT2D eigenvalue weighted by molar-refractivity contribution is 7.09. The van der Waals surface area contributed by atoms with Crippen LogP contribution in [0.4, 0.5) is 10.5 Å². The fourth-order valence-electron chi connectivity index (χ4n) is 3.46. The van der Waals surface area contributed by atoms with Crippen molar-refractivity contribution in [3.63, 3.8) is 0 Å². The molecule has 4 rings (SSSR count). The van der Waals surface area contributed by atoms with Crippen molar-refractivity contribution in [1.29, 1.82) is 0 Å². The zero-order chi connectivity index (χ0) is 15.8. The van der Waals surface area contributed by atoms with Gasteiger partial charge < -0.3 is 10.2 Å². The number of nitrogens with one attached hydrogen (secondary N) is 1. The number of aromatic nitrogens is 1. The molecule has 5 nitrogen and oxygen atoms in total. The predicted molar refractivity (Wildman–Crippen MR) is 92.9 cm³/mol. The molecule has 1 aromatic carbocycles. The summed E-state index contributed by atoms with van der Waals surface area (Å²) >= 11 is 1.62. The van der Waals surface area contributed by atoms with Gasteiger partial charge in [0.05, 0.1) is 16.4 Å². The summed E-state index contributed by atoms with van der Waals surface area (Å²) in [5, 5.41) is 6.17. The first kappa shape index (κ1) is 14.7. The molecule has 120 valence electrons. The molecule has 3 heterocycles. The maximum absolute atomic E-state index is 12.7. The number of urea groups is 1. The van der Waals surface area contributed by atoms with Crippen molar-refractivity contribution in [2.45, 2.75) is 19.4 Å². The van der Waals surface area contributed by atoms with E-state index >= 15 is 0 Å². The van der Waals surface area contributed by atoms with E-state index in [2.05, 4.69) is 15.2 Å². The number of piperazine rings is 1. The molecular weight excluding hydrogens is 308 g/mol. The molecule has 2 fully saturated rings. The first-order valence-electron chi connectivity index (χ1n) is 8.02. The Labute approximate surface area is 139 Å². The first-order valence-corrected chi connectivity index (χ1v) is 8.90. The van der Waals surface area contributed by atoms with Gasteiger partial charge in [0, 0.05) is 43.2 Å². The molecule has 2 unspecified atom stereocenters. The van der Waals surface area contributed by atoms with Gasteiger partial charge in [0.15, 0.2) is 0 Å². The third kappa shape index (κ3) is 2.84. The average molecular weight is 328 g/mol. The number of para-hydroxylation sites is 1. The highest BCUT2D eigenvalue weighted by Crippen LogP contribution is 2.29. The van der Waals surface area contributed by atoms with Gasteiger partial charge in [-0.1, -0.05) is 18.2 Å². The molecule has 0 spiro atoms. The van der Waals surface area contributed by atoms with E-state index in [0.29, 0.717) is 6.04 Å². The van der Waals surface area contributed by atoms with Crippen LogP contribution in [-0.4, -0.2) is 53.0 Å². The van der Waals surface area contributed by atoms with Crippen LogP contribution in [0.5, 0.6) is 0 Å². The number of thiazole rings is 1. The second-order valence-corrected chi connectivity index (χ2v) is 7.23. The molecule has 2 bridgehead atoms. The van der Waals surface area contributed by atoms with Crippen molar-refractivity contribution >= 4 is 23.1 Å². The topological polar surface area (TPSA) is 48.5 Å². The molecule has 0 saturated carbocycles. The third-order valence-corrected chi connectivity index (χ3v) is 5.44. The molecule has 2 amide bonds. The fraction of sp³-hybridized carbons (Fsp3) is 0.412. The van der Waals surface area contributed by atoms with Gasteiger partial charge in [0.25, 0.3) is 0 Å². The number of hydrogen-bond donors (Lipinski definition) is 1. The van der Waals surface area contributed by atoms with Gasteiger partial charge in [-0.25, -0.2) is 9.78 Å². The van der Waals surface area contributed by atoms with Gasteiger partial charge in [0.2, 0.25) is 0 Å². The van der Waals surface area contributed by atoms with Gasteiger partial charge >= 0.3 is 6.03 Å². The summed E-state index contributed by atoms with van der Waals surface area (Å²) in [6.45, 7) is 5.92. The smallest absolute Gasteiger partial charge is 0.319 e. The summed E-state index contributed by atoms with van der Waals surface area (Å²) in [7, 11) is 0. The number of carbonyl (C=O) groups excluding carboxylic acids is 1. The monoisotopic (exact) mass is 328 g/mol. The highest BCUT2D eigenvalue weighted by Gasteiger charge is 2.35. The van der Waals surface area contributed by atoms with Crippen LogP contribution in [0, 0.1) is 6.92 Å². The Morgan fingerprint density at radius 1 is 1.30 bits per heavy atom. The Morgan fingerprint density at radius 2 is 2.17 bits per heavy atom. The Bertz CT molecular complexity index is 729. The quantitative estimate of drug-likeness (QED) is 0.922. The summed E-state index contributed by atoms with van der Waals surface area (Å²) < 4.78 is 0. The molecule has 1 aromatic heterocycles. The standard InChI is InChI=1S/C17H20N4OS/c1-12-18-16(11-23-12)14-4-2-3-5-15(14)19-17(22)21-9-8-20-7-6-13(21)10-20/h2-5,11,13H,6-10H2,1H3,(H,19,22). The maximum Gasteiger partial charge on any atom is 0.322 e. The van der Waals surface area contributed by atoms with E-state index in [0.717, 1.165) is 54.6 Å². The molecule has 2 atom stereocenters. The van der Waals surface area contributed by atoms with Crippen molar-refractivity contribution in [1.82, 2.24) is 14.8 Å². The van der Waals surface area contributed by atoms with Gasteiger partial charge in [0.1, 0.15) is 0 Å². The SMILES string of the molecule is Cc1nc(-c2ccccc2NC(=O)N2CCN3CCC2C3)cs1. The summed E-state index contributed by atoms with van der Waals surface area (Å²) in [5.74, 6) is 0. The van der Waals surface area contributed by atoms with E-state index < -0.39 is 0 Å². The zero-order valence-electron chi connectivity index (χ0n) is 13.2. The lowest BCUT2D eigenvalue weighted by Crippen LogP contribution is -2.51. The van der Waals surface area contributed by atoms with Gasteiger partial charge in [-0.3, -0.25) is 4.90 Å². The number of nitrogens with zero attached hydrogens (tertiary/aromatic N) is 3. The minimum Gasteiger partial charge on any atom is -0.319 e. The van der Waals surface area contributed by atoms with Crippen LogP contribution in [0.1, 0.15) is 11.4 Å². The Kier molecular flexibility index (Phi) is 3.79. The van der Waals surface area contributed by atoms with Crippen LogP contribution in [0.15, 0.2) is 29.6 Å². The molecule has 2 saturated heterocycles. The Morgan fingerprint density at radius 3 is 3.00 bits per heavy atom. The van der Waals surface area contributed by atoms with Crippen LogP contribution in [0.25, 0.3) is 11.3 Å². The minimum atomic E-state index is 0.0101. The van der Waals surface area contributed by atoms with Crippen molar-refractivity contribution < 1.29 is 4.79 Å². The second kappa shape index (κ2) is 5.94. The van der Waals surface area contributed by atoms with Gasteiger partial charge in [-0.05, 0) is 19.4 Å². The van der Waals surface area contributed by atoms with Crippen molar-refractivity contribution in [2.75, 3.05) is 31.5 Å². The molecular formula is C17H20N4OS. The van der Waals surface area contributed by atoms with E-state index in [1.54, 1.807) is 11.3 Å². The van der Waals surface area contributed by atoms with Crippen molar-refractivity contribution in [2.24, 2.45) is 0 Å². The summed E-state index contributed by atoms with van der Waals surface area (Å²) in [6, 6.07) is 8.26. The minimum absolute atomic E-state index is 0.0101. The maximum atomic E-state index is 12.7. The number of carbonyl (C=O) groups is 1. The van der Waals surface area contributed by atoms with E-state index in [4.69, 9.17) is 0 Å². The average Bonchev–Trinajstić information content (AvgIpc) is 3.14. The highest BCUT2D eigenvalue weighted by atomic mass is 32.1. The van der Waals surface area contributed by atoms with Crippen LogP contribution in [0.2, 0.25) is 0 Å². The molecule has 2 aliphatic heterocycles. The number of amides is 2. The first-order chi connectivity index (χ1) is 11.2. The molecule has 1 N–H and O–H groups in total. The normalized spacial score (nSPS) is 23.1. The summed E-state index contributed by atoms with van der Waals surface area (Å²) in [4.78, 5) is 21.7. The van der Waals surface area contributed by atoms with Crippen molar-refractivity contribution in [3.8, 4) is 11.3 Å². The molecule has 2 aromatic rings. The second-order valence-electron chi connectivity index (χ2n) is 6.16. The molecule has 0 radical (unpaired) electrons. The van der Waals surface area contributed by atoms with Crippen molar-refractivity contribution in [3.05, 3.63) is 34.7 Å². The fourth-order valence-corrected chi connectivity index (χ4v) is 4.07. The number of benzene rings is 1. The van der Waals surface area contributed by atoms with Crippen LogP contribution in [0.3, 0.4) is 0 Å². The van der Waals surface area contributed by atoms with E-state index in [9.17, 15) is 4.79 Å². The van der Waals surface area contributed by atoms with E-state index in [-0.39, 0.29) is 6.03 Å². The Hall–Kier alpha value is -1.92. The largest absolute Gasteiger partial charge is 0.322 e. The lowest BCUT2D eigenvalue weighted by Gasteiger charge is -2.34. The summed E-state index contributed by atoms with van der Waals surface area (Å²) in [6.07, 6.45) is 1.08. The zero-order valence-corrected chi connectivity index (χ0v) is 14.0. The van der Waals surface area contributed by atoms with Gasteiger partial charge in [-0.2, -0.15) is 0 Å². The lowest BCUT2D eigenvalue weighted by molar-refractivity contribution is 0.153. The number of anilines is 1. The van der Waals surface area contributed by atoms with Gasteiger partial charge in [-0.15, -0.1) is 11.3 Å². The Balaban J connectivity index is 1.56.